The van der Waals surface area contributed by atoms with Gasteiger partial charge in [-0.2, -0.15) is 0 Å². The summed E-state index contributed by atoms with van der Waals surface area (Å²) in [6, 6.07) is 5.53. The normalized spacial score (nSPS) is 28.6. The van der Waals surface area contributed by atoms with E-state index in [1.165, 1.54) is 18.2 Å². The summed E-state index contributed by atoms with van der Waals surface area (Å²) < 4.78 is 55.3. The average Bonchev–Trinajstić information content (AvgIpc) is 2.72. The smallest absolute Gasteiger partial charge is 0.190 e. The SMILES string of the molecule is [2H]C([2H])(c1cc(F)c(OC)c(F)c1)c1cc([C@@H]2O[C@H](CO)[C@@H](O)[C@H](O)[C@H]2O)ccc1Cl. The van der Waals surface area contributed by atoms with E-state index in [1.54, 1.807) is 0 Å². The quantitative estimate of drug-likeness (QED) is 0.574. The van der Waals surface area contributed by atoms with Gasteiger partial charge in [-0.25, -0.2) is 8.78 Å². The van der Waals surface area contributed by atoms with Gasteiger partial charge in [-0.1, -0.05) is 23.7 Å². The fourth-order valence-electron chi connectivity index (χ4n) is 3.18. The topological polar surface area (TPSA) is 99.4 Å². The lowest BCUT2D eigenvalue weighted by atomic mass is 9.90. The lowest BCUT2D eigenvalue weighted by Crippen LogP contribution is -2.55. The molecule has 0 saturated carbocycles. The van der Waals surface area contributed by atoms with Crippen molar-refractivity contribution in [2.75, 3.05) is 13.7 Å². The molecule has 9 heteroatoms. The molecule has 1 aliphatic heterocycles. The maximum absolute atomic E-state index is 14.1. The Morgan fingerprint density at radius 3 is 2.34 bits per heavy atom. The standard InChI is InChI=1S/C20H21ClF2O6/c1-28-20-13(22)5-9(6-14(20)23)4-11-7-10(2-3-12(11)21)19-18(27)17(26)16(25)15(8-24)29-19/h2-3,5-7,15-19,24-27H,4,8H2,1H3/t15-,16-,17+,18-,19+/m1/s1/i4D2. The van der Waals surface area contributed by atoms with Crippen molar-refractivity contribution in [3.63, 3.8) is 0 Å². The number of rotatable bonds is 5. The minimum absolute atomic E-state index is 0.0602. The van der Waals surface area contributed by atoms with Gasteiger partial charge in [0, 0.05) is 7.76 Å². The van der Waals surface area contributed by atoms with Crippen LogP contribution in [-0.4, -0.2) is 58.6 Å². The van der Waals surface area contributed by atoms with Gasteiger partial charge in [0.15, 0.2) is 17.4 Å². The van der Waals surface area contributed by atoms with Crippen molar-refractivity contribution >= 4 is 11.6 Å². The van der Waals surface area contributed by atoms with Gasteiger partial charge in [-0.05, 0) is 41.3 Å². The molecule has 4 N–H and O–H groups in total. The molecular formula is C20H21ClF2O6. The van der Waals surface area contributed by atoms with E-state index in [-0.39, 0.29) is 21.7 Å². The fraction of sp³-hybridized carbons (Fsp3) is 0.400. The van der Waals surface area contributed by atoms with Crippen LogP contribution in [0.4, 0.5) is 8.78 Å². The number of ether oxygens (including phenoxy) is 2. The second-order valence-electron chi connectivity index (χ2n) is 6.59. The van der Waals surface area contributed by atoms with Gasteiger partial charge >= 0.3 is 0 Å². The van der Waals surface area contributed by atoms with Crippen molar-refractivity contribution in [1.29, 1.82) is 0 Å². The number of aliphatic hydroxyl groups excluding tert-OH is 4. The zero-order valence-corrected chi connectivity index (χ0v) is 16.0. The Bertz CT molecular complexity index is 938. The van der Waals surface area contributed by atoms with E-state index in [0.29, 0.717) is 0 Å². The maximum atomic E-state index is 14.1. The lowest BCUT2D eigenvalue weighted by Gasteiger charge is -2.40. The van der Waals surface area contributed by atoms with Gasteiger partial charge in [0.2, 0.25) is 0 Å². The summed E-state index contributed by atoms with van der Waals surface area (Å²) in [6.07, 6.45) is -9.63. The highest BCUT2D eigenvalue weighted by atomic mass is 35.5. The van der Waals surface area contributed by atoms with Crippen molar-refractivity contribution < 1.29 is 41.4 Å². The van der Waals surface area contributed by atoms with E-state index in [2.05, 4.69) is 4.74 Å². The second kappa shape index (κ2) is 8.91. The van der Waals surface area contributed by atoms with Crippen molar-refractivity contribution in [2.24, 2.45) is 0 Å². The summed E-state index contributed by atoms with van der Waals surface area (Å²) >= 11 is 6.17. The molecule has 6 nitrogen and oxygen atoms in total. The first-order valence-electron chi connectivity index (χ1n) is 9.66. The highest BCUT2D eigenvalue weighted by Crippen LogP contribution is 2.34. The van der Waals surface area contributed by atoms with E-state index in [9.17, 15) is 29.2 Å². The van der Waals surface area contributed by atoms with Crippen LogP contribution < -0.4 is 4.74 Å². The molecular weight excluding hydrogens is 410 g/mol. The van der Waals surface area contributed by atoms with Gasteiger partial charge in [0.25, 0.3) is 0 Å². The Labute approximate surface area is 173 Å². The molecule has 3 rings (SSSR count). The number of aliphatic hydroxyl groups is 4. The van der Waals surface area contributed by atoms with E-state index >= 15 is 0 Å². The molecule has 158 valence electrons. The highest BCUT2D eigenvalue weighted by molar-refractivity contribution is 6.31. The van der Waals surface area contributed by atoms with Crippen LogP contribution in [0, 0.1) is 11.6 Å². The molecule has 0 amide bonds. The Kier molecular flexibility index (Phi) is 5.89. The number of methoxy groups -OCH3 is 1. The molecule has 0 spiro atoms. The van der Waals surface area contributed by atoms with E-state index in [0.717, 1.165) is 19.2 Å². The molecule has 1 saturated heterocycles. The zero-order chi connectivity index (χ0) is 23.1. The molecule has 0 unspecified atom stereocenters. The third-order valence-corrected chi connectivity index (χ3v) is 5.02. The highest BCUT2D eigenvalue weighted by Gasteiger charge is 2.44. The molecule has 5 atom stereocenters. The number of benzene rings is 2. The first-order chi connectivity index (χ1) is 14.5. The van der Waals surface area contributed by atoms with Crippen LogP contribution in [0.25, 0.3) is 0 Å². The van der Waals surface area contributed by atoms with Gasteiger partial charge in [-0.15, -0.1) is 0 Å². The van der Waals surface area contributed by atoms with E-state index in [1.807, 2.05) is 0 Å². The Hall–Kier alpha value is -1.81. The number of hydrogen-bond donors (Lipinski definition) is 4. The second-order valence-corrected chi connectivity index (χ2v) is 6.99. The van der Waals surface area contributed by atoms with Crippen molar-refractivity contribution in [3.05, 3.63) is 63.7 Å². The molecule has 2 aromatic carbocycles. The third kappa shape index (κ3) is 4.37. The van der Waals surface area contributed by atoms with E-state index < -0.39 is 60.9 Å². The summed E-state index contributed by atoms with van der Waals surface area (Å²) in [7, 11) is 1.08. The van der Waals surface area contributed by atoms with Crippen molar-refractivity contribution in [1.82, 2.24) is 0 Å². The van der Waals surface area contributed by atoms with E-state index in [4.69, 9.17) is 19.1 Å². The molecule has 2 aromatic rings. The first kappa shape index (κ1) is 19.2. The minimum Gasteiger partial charge on any atom is -0.491 e. The maximum Gasteiger partial charge on any atom is 0.190 e. The van der Waals surface area contributed by atoms with Crippen LogP contribution >= 0.6 is 11.6 Å². The lowest BCUT2D eigenvalue weighted by molar-refractivity contribution is -0.231. The molecule has 0 bridgehead atoms. The molecule has 1 aliphatic rings. The monoisotopic (exact) mass is 432 g/mol. The molecule has 1 fully saturated rings. The van der Waals surface area contributed by atoms with Crippen LogP contribution in [0.5, 0.6) is 5.75 Å². The Morgan fingerprint density at radius 1 is 1.10 bits per heavy atom. The zero-order valence-electron chi connectivity index (χ0n) is 17.2. The largest absolute Gasteiger partial charge is 0.491 e. The summed E-state index contributed by atoms with van der Waals surface area (Å²) in [5, 5.41) is 39.6. The van der Waals surface area contributed by atoms with Gasteiger partial charge in [0.1, 0.15) is 30.5 Å². The van der Waals surface area contributed by atoms with Crippen LogP contribution in [0.2, 0.25) is 5.02 Å². The molecule has 0 aromatic heterocycles. The Balaban J connectivity index is 2.05. The van der Waals surface area contributed by atoms with Crippen LogP contribution in [-0.2, 0) is 11.1 Å². The predicted molar refractivity (Wildman–Crippen MR) is 99.9 cm³/mol. The minimum atomic E-state index is -2.46. The summed E-state index contributed by atoms with van der Waals surface area (Å²) in [5.74, 6) is -2.84. The van der Waals surface area contributed by atoms with Crippen molar-refractivity contribution in [3.8, 4) is 5.75 Å². The van der Waals surface area contributed by atoms with Crippen molar-refractivity contribution in [2.45, 2.75) is 36.9 Å². The summed E-state index contributed by atoms with van der Waals surface area (Å²) in [4.78, 5) is 0. The summed E-state index contributed by atoms with van der Waals surface area (Å²) in [5.41, 5.74) is -0.363. The van der Waals surface area contributed by atoms with Gasteiger partial charge in [0.05, 0.1) is 13.7 Å². The number of halogens is 3. The van der Waals surface area contributed by atoms with Gasteiger partial charge in [-0.3, -0.25) is 0 Å². The Morgan fingerprint density at radius 2 is 1.76 bits per heavy atom. The van der Waals surface area contributed by atoms with Crippen LogP contribution in [0.1, 0.15) is 25.5 Å². The number of hydrogen-bond acceptors (Lipinski definition) is 6. The molecule has 0 aliphatic carbocycles. The average molecular weight is 433 g/mol. The van der Waals surface area contributed by atoms with Crippen LogP contribution in [0.3, 0.4) is 0 Å². The summed E-state index contributed by atoms with van der Waals surface area (Å²) in [6.45, 7) is -0.632. The van der Waals surface area contributed by atoms with Gasteiger partial charge < -0.3 is 29.9 Å². The fourth-order valence-corrected chi connectivity index (χ4v) is 3.34. The predicted octanol–water partition coefficient (Wildman–Crippen LogP) is 1.73. The molecule has 29 heavy (non-hydrogen) atoms. The molecule has 1 heterocycles. The molecule has 0 radical (unpaired) electrons. The van der Waals surface area contributed by atoms with Crippen LogP contribution in [0.15, 0.2) is 30.3 Å². The first-order valence-corrected chi connectivity index (χ1v) is 9.04. The third-order valence-electron chi connectivity index (χ3n) is 4.69.